The van der Waals surface area contributed by atoms with Gasteiger partial charge in [0.15, 0.2) is 5.96 Å². The van der Waals surface area contributed by atoms with Crippen molar-refractivity contribution in [3.63, 3.8) is 0 Å². The fourth-order valence-corrected chi connectivity index (χ4v) is 3.23. The van der Waals surface area contributed by atoms with E-state index >= 15 is 0 Å². The van der Waals surface area contributed by atoms with Crippen LogP contribution in [0.4, 0.5) is 0 Å². The number of nitrogens with one attached hydrogen (secondary N) is 2. The maximum absolute atomic E-state index is 12.0. The van der Waals surface area contributed by atoms with Crippen LogP contribution in [0.2, 0.25) is 0 Å². The molecule has 0 radical (unpaired) electrons. The van der Waals surface area contributed by atoms with E-state index in [0.717, 1.165) is 56.6 Å². The van der Waals surface area contributed by atoms with E-state index in [-0.39, 0.29) is 29.9 Å². The second-order valence-corrected chi connectivity index (χ2v) is 7.22. The van der Waals surface area contributed by atoms with Crippen LogP contribution in [0.3, 0.4) is 0 Å². The first kappa shape index (κ1) is 28.2. The van der Waals surface area contributed by atoms with Crippen LogP contribution in [-0.4, -0.2) is 101 Å². The van der Waals surface area contributed by atoms with Gasteiger partial charge in [0.25, 0.3) is 0 Å². The molecule has 0 unspecified atom stereocenters. The Balaban J connectivity index is 0.00000512. The van der Waals surface area contributed by atoms with Crippen LogP contribution < -0.4 is 20.1 Å². The molecule has 0 bridgehead atoms. The Morgan fingerprint density at radius 2 is 1.84 bits per heavy atom. The molecule has 9 nitrogen and oxygen atoms in total. The number of halogens is 1. The van der Waals surface area contributed by atoms with Crippen LogP contribution in [-0.2, 0) is 9.53 Å². The van der Waals surface area contributed by atoms with E-state index in [9.17, 15) is 4.79 Å². The van der Waals surface area contributed by atoms with Gasteiger partial charge in [0.05, 0.1) is 26.9 Å². The lowest BCUT2D eigenvalue weighted by atomic mass is 10.3. The SMILES string of the molecule is CCNC(=NCCCOc1cccc(OC)c1)N1CCN(CC(=O)NCCOC)CC1.I. The number of rotatable bonds is 12. The minimum Gasteiger partial charge on any atom is -0.497 e. The Morgan fingerprint density at radius 1 is 1.09 bits per heavy atom. The van der Waals surface area contributed by atoms with Crippen LogP contribution in [0.15, 0.2) is 29.3 Å². The third-order valence-electron chi connectivity index (χ3n) is 4.88. The number of hydrogen-bond acceptors (Lipinski definition) is 6. The van der Waals surface area contributed by atoms with Gasteiger partial charge in [0.2, 0.25) is 5.91 Å². The number of guanidine groups is 1. The molecule has 10 heteroatoms. The van der Waals surface area contributed by atoms with Crippen LogP contribution in [0.25, 0.3) is 0 Å². The molecule has 1 aromatic rings. The average Bonchev–Trinajstić information content (AvgIpc) is 2.79. The number of hydrogen-bond donors (Lipinski definition) is 2. The molecule has 182 valence electrons. The predicted octanol–water partition coefficient (Wildman–Crippen LogP) is 1.43. The first-order chi connectivity index (χ1) is 15.2. The molecule has 2 N–H and O–H groups in total. The van der Waals surface area contributed by atoms with Gasteiger partial charge < -0.3 is 29.7 Å². The highest BCUT2D eigenvalue weighted by Gasteiger charge is 2.21. The number of piperazine rings is 1. The van der Waals surface area contributed by atoms with Gasteiger partial charge in [-0.2, -0.15) is 0 Å². The minimum atomic E-state index is 0. The van der Waals surface area contributed by atoms with E-state index in [0.29, 0.717) is 32.8 Å². The van der Waals surface area contributed by atoms with Gasteiger partial charge in [-0.15, -0.1) is 24.0 Å². The van der Waals surface area contributed by atoms with Crippen molar-refractivity contribution in [2.45, 2.75) is 13.3 Å². The predicted molar refractivity (Wildman–Crippen MR) is 137 cm³/mol. The summed E-state index contributed by atoms with van der Waals surface area (Å²) in [6.07, 6.45) is 0.827. The van der Waals surface area contributed by atoms with Crippen molar-refractivity contribution in [3.8, 4) is 11.5 Å². The van der Waals surface area contributed by atoms with Gasteiger partial charge in [-0.25, -0.2) is 0 Å². The Kier molecular flexibility index (Phi) is 14.8. The molecule has 1 amide bonds. The van der Waals surface area contributed by atoms with Crippen molar-refractivity contribution in [1.29, 1.82) is 0 Å². The summed E-state index contributed by atoms with van der Waals surface area (Å²) < 4.78 is 16.0. The van der Waals surface area contributed by atoms with Crippen molar-refractivity contribution < 1.29 is 19.0 Å². The molecule has 0 spiro atoms. The van der Waals surface area contributed by atoms with Gasteiger partial charge in [-0.3, -0.25) is 14.7 Å². The monoisotopic (exact) mass is 563 g/mol. The topological polar surface area (TPSA) is 87.7 Å². The number of aliphatic imine (C=N–C) groups is 1. The summed E-state index contributed by atoms with van der Waals surface area (Å²) in [7, 11) is 3.27. The van der Waals surface area contributed by atoms with Gasteiger partial charge in [-0.1, -0.05) is 6.07 Å². The van der Waals surface area contributed by atoms with E-state index in [1.807, 2.05) is 24.3 Å². The second-order valence-electron chi connectivity index (χ2n) is 7.22. The molecule has 32 heavy (non-hydrogen) atoms. The molecular weight excluding hydrogens is 525 g/mol. The summed E-state index contributed by atoms with van der Waals surface area (Å²) in [5.41, 5.74) is 0. The Labute approximate surface area is 208 Å². The van der Waals surface area contributed by atoms with Crippen LogP contribution in [0.5, 0.6) is 11.5 Å². The number of ether oxygens (including phenoxy) is 3. The van der Waals surface area contributed by atoms with E-state index < -0.39 is 0 Å². The summed E-state index contributed by atoms with van der Waals surface area (Å²) in [5.74, 6) is 2.56. The number of nitrogens with zero attached hydrogens (tertiary/aromatic N) is 3. The van der Waals surface area contributed by atoms with Gasteiger partial charge >= 0.3 is 0 Å². The average molecular weight is 563 g/mol. The molecule has 1 aliphatic rings. The van der Waals surface area contributed by atoms with E-state index in [4.69, 9.17) is 19.2 Å². The third kappa shape index (κ3) is 10.7. The number of methoxy groups -OCH3 is 2. The standard InChI is InChI=1S/C22H37N5O4.HI/c1-4-23-22(25-9-6-15-31-20-8-5-7-19(17-20)30-3)27-13-11-26(12-14-27)18-21(28)24-10-16-29-2;/h5,7-8,17H,4,6,9-16,18H2,1-3H3,(H,23,25)(H,24,28);1H. The number of amides is 1. The largest absolute Gasteiger partial charge is 0.497 e. The summed E-state index contributed by atoms with van der Waals surface area (Å²) in [6.45, 7) is 9.05. The quantitative estimate of drug-likeness (QED) is 0.172. The Hall–Kier alpha value is -1.79. The van der Waals surface area contributed by atoms with Crippen LogP contribution in [0, 0.1) is 0 Å². The molecule has 1 aliphatic heterocycles. The van der Waals surface area contributed by atoms with Gasteiger partial charge in [0, 0.05) is 65.4 Å². The zero-order valence-electron chi connectivity index (χ0n) is 19.5. The Morgan fingerprint density at radius 3 is 2.53 bits per heavy atom. The number of carbonyl (C=O) groups excluding carboxylic acids is 1. The number of carbonyl (C=O) groups is 1. The number of benzene rings is 1. The van der Waals surface area contributed by atoms with Crippen LogP contribution >= 0.6 is 24.0 Å². The minimum absolute atomic E-state index is 0. The van der Waals surface area contributed by atoms with E-state index in [1.165, 1.54) is 0 Å². The first-order valence-corrected chi connectivity index (χ1v) is 10.9. The lowest BCUT2D eigenvalue weighted by Gasteiger charge is -2.36. The maximum atomic E-state index is 12.0. The molecule has 0 saturated carbocycles. The van der Waals surface area contributed by atoms with Crippen molar-refractivity contribution in [2.24, 2.45) is 4.99 Å². The highest BCUT2D eigenvalue weighted by molar-refractivity contribution is 14.0. The van der Waals surface area contributed by atoms with Gasteiger partial charge in [-0.05, 0) is 19.1 Å². The summed E-state index contributed by atoms with van der Waals surface area (Å²) in [5, 5.41) is 6.24. The first-order valence-electron chi connectivity index (χ1n) is 10.9. The fraction of sp³-hybridized carbons (Fsp3) is 0.636. The van der Waals surface area contributed by atoms with Crippen molar-refractivity contribution in [1.82, 2.24) is 20.4 Å². The molecule has 2 rings (SSSR count). The molecule has 1 fully saturated rings. The molecule has 0 aliphatic carbocycles. The van der Waals surface area contributed by atoms with Crippen molar-refractivity contribution in [2.75, 3.05) is 79.8 Å². The van der Waals surface area contributed by atoms with Crippen molar-refractivity contribution >= 4 is 35.8 Å². The van der Waals surface area contributed by atoms with E-state index in [1.54, 1.807) is 14.2 Å². The molecule has 1 aromatic carbocycles. The summed E-state index contributed by atoms with van der Waals surface area (Å²) >= 11 is 0. The molecule has 1 saturated heterocycles. The van der Waals surface area contributed by atoms with Crippen molar-refractivity contribution in [3.05, 3.63) is 24.3 Å². The fourth-order valence-electron chi connectivity index (χ4n) is 3.23. The van der Waals surface area contributed by atoms with Gasteiger partial charge in [0.1, 0.15) is 11.5 Å². The maximum Gasteiger partial charge on any atom is 0.234 e. The van der Waals surface area contributed by atoms with E-state index in [2.05, 4.69) is 27.4 Å². The molecule has 0 aromatic heterocycles. The van der Waals surface area contributed by atoms with Crippen LogP contribution in [0.1, 0.15) is 13.3 Å². The second kappa shape index (κ2) is 16.8. The Bertz CT molecular complexity index is 684. The summed E-state index contributed by atoms with van der Waals surface area (Å²) in [6, 6.07) is 7.61. The third-order valence-corrected chi connectivity index (χ3v) is 4.88. The lowest BCUT2D eigenvalue weighted by Crippen LogP contribution is -2.54. The summed E-state index contributed by atoms with van der Waals surface area (Å²) in [4.78, 5) is 21.1. The zero-order valence-corrected chi connectivity index (χ0v) is 21.8. The molecule has 0 atom stereocenters. The normalized spacial score (nSPS) is 14.5. The zero-order chi connectivity index (χ0) is 22.3. The smallest absolute Gasteiger partial charge is 0.234 e. The highest BCUT2D eigenvalue weighted by atomic mass is 127. The highest BCUT2D eigenvalue weighted by Crippen LogP contribution is 2.18. The molecular formula is C22H38IN5O4. The lowest BCUT2D eigenvalue weighted by molar-refractivity contribution is -0.122. The molecule has 1 heterocycles.